The van der Waals surface area contributed by atoms with E-state index in [0.717, 1.165) is 17.7 Å². The Morgan fingerprint density at radius 1 is 1.03 bits per heavy atom. The summed E-state index contributed by atoms with van der Waals surface area (Å²) in [5.74, 6) is 0.344. The number of hydrogen-bond donors (Lipinski definition) is 2. The van der Waals surface area contributed by atoms with Crippen LogP contribution in [0.1, 0.15) is 23.9 Å². The summed E-state index contributed by atoms with van der Waals surface area (Å²) in [7, 11) is 1.77. The molecule has 7 nitrogen and oxygen atoms in total. The topological polar surface area (TPSA) is 88.9 Å². The zero-order valence-corrected chi connectivity index (χ0v) is 19.2. The van der Waals surface area contributed by atoms with Gasteiger partial charge in [-0.15, -0.1) is 10.2 Å². The molecule has 1 aromatic heterocycles. The van der Waals surface area contributed by atoms with Crippen molar-refractivity contribution >= 4 is 46.6 Å². The van der Waals surface area contributed by atoms with Crippen LogP contribution in [0.4, 0.5) is 11.4 Å². The highest BCUT2D eigenvalue weighted by Gasteiger charge is 2.15. The number of carbonyl (C=O) groups excluding carboxylic acids is 2. The fourth-order valence-electron chi connectivity index (χ4n) is 2.80. The first-order chi connectivity index (χ1) is 14.9. The van der Waals surface area contributed by atoms with Crippen molar-refractivity contribution < 1.29 is 9.59 Å². The summed E-state index contributed by atoms with van der Waals surface area (Å²) >= 11 is 7.36. The van der Waals surface area contributed by atoms with Gasteiger partial charge in [-0.3, -0.25) is 9.59 Å². The van der Waals surface area contributed by atoms with Gasteiger partial charge in [0.05, 0.1) is 12.2 Å². The number of nitrogens with one attached hydrogen (secondary N) is 2. The van der Waals surface area contributed by atoms with Gasteiger partial charge >= 0.3 is 0 Å². The summed E-state index contributed by atoms with van der Waals surface area (Å²) in [6.07, 6.45) is 1.01. The molecule has 0 saturated heterocycles. The third-order valence-corrected chi connectivity index (χ3v) is 6.11. The van der Waals surface area contributed by atoms with Gasteiger partial charge in [0.1, 0.15) is 5.82 Å². The fraction of sp³-hybridized carbons (Fsp3) is 0.273. The molecule has 0 aliphatic carbocycles. The molecule has 2 aromatic carbocycles. The van der Waals surface area contributed by atoms with Gasteiger partial charge in [-0.1, -0.05) is 48.5 Å². The van der Waals surface area contributed by atoms with E-state index in [1.807, 2.05) is 37.3 Å². The second-order valence-electron chi connectivity index (χ2n) is 7.03. The van der Waals surface area contributed by atoms with Crippen LogP contribution in [-0.4, -0.2) is 32.3 Å². The maximum absolute atomic E-state index is 12.3. The molecule has 2 N–H and O–H groups in total. The SMILES string of the molecule is CCc1ccc(NC(=O)CSc2nnc(CC(=O)Nc3ccc(C)c(Cl)c3)n2C)cc1. The van der Waals surface area contributed by atoms with Crippen LogP contribution in [0.15, 0.2) is 47.6 Å². The van der Waals surface area contributed by atoms with E-state index in [2.05, 4.69) is 27.8 Å². The number of aryl methyl sites for hydroxylation is 2. The van der Waals surface area contributed by atoms with E-state index in [0.29, 0.717) is 21.7 Å². The number of rotatable bonds is 8. The smallest absolute Gasteiger partial charge is 0.234 e. The van der Waals surface area contributed by atoms with Crippen molar-refractivity contribution in [1.29, 1.82) is 0 Å². The van der Waals surface area contributed by atoms with E-state index in [1.54, 1.807) is 23.7 Å². The lowest BCUT2D eigenvalue weighted by Gasteiger charge is -2.08. The third kappa shape index (κ3) is 6.32. The van der Waals surface area contributed by atoms with E-state index < -0.39 is 0 Å². The van der Waals surface area contributed by atoms with Gasteiger partial charge in [0.2, 0.25) is 11.8 Å². The van der Waals surface area contributed by atoms with E-state index in [9.17, 15) is 9.59 Å². The van der Waals surface area contributed by atoms with Crippen LogP contribution in [0.2, 0.25) is 5.02 Å². The minimum absolute atomic E-state index is 0.0610. The Labute approximate surface area is 190 Å². The molecule has 31 heavy (non-hydrogen) atoms. The van der Waals surface area contributed by atoms with Crippen LogP contribution in [0, 0.1) is 6.92 Å². The van der Waals surface area contributed by atoms with Crippen LogP contribution in [0.5, 0.6) is 0 Å². The predicted octanol–water partition coefficient (Wildman–Crippen LogP) is 4.25. The normalized spacial score (nSPS) is 10.7. The van der Waals surface area contributed by atoms with Crippen molar-refractivity contribution in [2.75, 3.05) is 16.4 Å². The van der Waals surface area contributed by atoms with Gasteiger partial charge in [-0.2, -0.15) is 0 Å². The molecular weight excluding hydrogens is 434 g/mol. The predicted molar refractivity (Wildman–Crippen MR) is 125 cm³/mol. The number of benzene rings is 2. The molecule has 3 rings (SSSR count). The Balaban J connectivity index is 1.52. The molecule has 0 bridgehead atoms. The number of anilines is 2. The van der Waals surface area contributed by atoms with Crippen LogP contribution >= 0.6 is 23.4 Å². The zero-order chi connectivity index (χ0) is 22.4. The summed E-state index contributed by atoms with van der Waals surface area (Å²) in [6, 6.07) is 13.1. The second kappa shape index (κ2) is 10.5. The number of carbonyl (C=O) groups is 2. The van der Waals surface area contributed by atoms with Gasteiger partial charge in [0.15, 0.2) is 5.16 Å². The van der Waals surface area contributed by atoms with Gasteiger partial charge in [-0.25, -0.2) is 0 Å². The van der Waals surface area contributed by atoms with Gasteiger partial charge in [-0.05, 0) is 48.7 Å². The lowest BCUT2D eigenvalue weighted by Crippen LogP contribution is -2.17. The van der Waals surface area contributed by atoms with E-state index in [4.69, 9.17) is 11.6 Å². The van der Waals surface area contributed by atoms with Crippen LogP contribution in [-0.2, 0) is 29.5 Å². The molecular formula is C22H24ClN5O2S. The molecule has 1 heterocycles. The summed E-state index contributed by atoms with van der Waals surface area (Å²) in [6.45, 7) is 3.98. The van der Waals surface area contributed by atoms with Crippen molar-refractivity contribution in [3.63, 3.8) is 0 Å². The van der Waals surface area contributed by atoms with E-state index >= 15 is 0 Å². The molecule has 0 spiro atoms. The molecule has 0 aliphatic heterocycles. The summed E-state index contributed by atoms with van der Waals surface area (Å²) < 4.78 is 1.72. The van der Waals surface area contributed by atoms with Crippen molar-refractivity contribution in [2.24, 2.45) is 7.05 Å². The van der Waals surface area contributed by atoms with Crippen LogP contribution < -0.4 is 10.6 Å². The number of halogens is 1. The number of aromatic nitrogens is 3. The molecule has 162 valence electrons. The minimum atomic E-state index is -0.222. The van der Waals surface area contributed by atoms with E-state index in [-0.39, 0.29) is 24.0 Å². The van der Waals surface area contributed by atoms with Crippen LogP contribution in [0.25, 0.3) is 0 Å². The molecule has 9 heteroatoms. The quantitative estimate of drug-likeness (QED) is 0.493. The minimum Gasteiger partial charge on any atom is -0.326 e. The monoisotopic (exact) mass is 457 g/mol. The number of nitrogens with zero attached hydrogens (tertiary/aromatic N) is 3. The highest BCUT2D eigenvalue weighted by atomic mass is 35.5. The highest BCUT2D eigenvalue weighted by Crippen LogP contribution is 2.21. The first-order valence-corrected chi connectivity index (χ1v) is 11.2. The Morgan fingerprint density at radius 3 is 2.39 bits per heavy atom. The molecule has 0 radical (unpaired) electrons. The lowest BCUT2D eigenvalue weighted by atomic mass is 10.1. The van der Waals surface area contributed by atoms with Crippen molar-refractivity contribution in [3.05, 3.63) is 64.4 Å². The van der Waals surface area contributed by atoms with Gasteiger partial charge < -0.3 is 15.2 Å². The number of thioether (sulfide) groups is 1. The summed E-state index contributed by atoms with van der Waals surface area (Å²) in [5.41, 5.74) is 3.54. The first kappa shape index (κ1) is 22.8. The van der Waals surface area contributed by atoms with Crippen LogP contribution in [0.3, 0.4) is 0 Å². The lowest BCUT2D eigenvalue weighted by molar-refractivity contribution is -0.116. The molecule has 3 aromatic rings. The Bertz CT molecular complexity index is 1080. The zero-order valence-electron chi connectivity index (χ0n) is 17.6. The molecule has 0 atom stereocenters. The van der Waals surface area contributed by atoms with Crippen molar-refractivity contribution in [3.8, 4) is 0 Å². The second-order valence-corrected chi connectivity index (χ2v) is 8.38. The van der Waals surface area contributed by atoms with Gasteiger partial charge in [0.25, 0.3) is 0 Å². The molecule has 0 unspecified atom stereocenters. The van der Waals surface area contributed by atoms with Crippen molar-refractivity contribution in [1.82, 2.24) is 14.8 Å². The maximum atomic E-state index is 12.3. The Kier molecular flexibility index (Phi) is 7.70. The molecule has 0 fully saturated rings. The molecule has 0 saturated carbocycles. The standard InChI is InChI=1S/C22H24ClN5O2S/c1-4-15-6-9-16(10-7-15)24-21(30)13-31-22-27-26-19(28(22)3)12-20(29)25-17-8-5-14(2)18(23)11-17/h5-11H,4,12-13H2,1-3H3,(H,24,30)(H,25,29). The highest BCUT2D eigenvalue weighted by molar-refractivity contribution is 7.99. The van der Waals surface area contributed by atoms with Gasteiger partial charge in [0, 0.05) is 23.4 Å². The average molecular weight is 458 g/mol. The largest absolute Gasteiger partial charge is 0.326 e. The van der Waals surface area contributed by atoms with E-state index in [1.165, 1.54) is 17.3 Å². The summed E-state index contributed by atoms with van der Waals surface area (Å²) in [5, 5.41) is 15.0. The first-order valence-electron chi connectivity index (χ1n) is 9.81. The Morgan fingerprint density at radius 2 is 1.71 bits per heavy atom. The molecule has 0 aliphatic rings. The fourth-order valence-corrected chi connectivity index (χ4v) is 3.71. The van der Waals surface area contributed by atoms with Crippen molar-refractivity contribution in [2.45, 2.75) is 31.8 Å². The maximum Gasteiger partial charge on any atom is 0.234 e. The average Bonchev–Trinajstić information content (AvgIpc) is 3.09. The number of amides is 2. The summed E-state index contributed by atoms with van der Waals surface area (Å²) in [4.78, 5) is 24.6. The molecule has 2 amide bonds. The third-order valence-electron chi connectivity index (χ3n) is 4.68. The number of hydrogen-bond acceptors (Lipinski definition) is 5. The Hall–Kier alpha value is -2.84.